The van der Waals surface area contributed by atoms with Gasteiger partial charge in [-0.2, -0.15) is 11.8 Å². The molecule has 3 N–H and O–H groups in total. The first-order chi connectivity index (χ1) is 15.5. The van der Waals surface area contributed by atoms with Gasteiger partial charge in [-0.1, -0.05) is 34.6 Å². The van der Waals surface area contributed by atoms with Crippen molar-refractivity contribution in [2.45, 2.75) is 85.1 Å². The molecule has 11 heteroatoms. The Morgan fingerprint density at radius 1 is 0.879 bits per heavy atom. The van der Waals surface area contributed by atoms with E-state index in [0.717, 1.165) is 0 Å². The average molecular weight is 491 g/mol. The third kappa shape index (κ3) is 12.6. The van der Waals surface area contributed by atoms with Crippen molar-refractivity contribution >= 4 is 41.3 Å². The molecule has 2 amide bonds. The van der Waals surface area contributed by atoms with E-state index in [9.17, 15) is 29.1 Å². The van der Waals surface area contributed by atoms with Crippen molar-refractivity contribution in [3.05, 3.63) is 0 Å². The molecule has 0 aromatic rings. The summed E-state index contributed by atoms with van der Waals surface area (Å²) < 4.78 is 10.4. The van der Waals surface area contributed by atoms with Crippen molar-refractivity contribution < 1.29 is 38.6 Å². The Morgan fingerprint density at radius 3 is 1.97 bits per heavy atom. The molecule has 10 nitrogen and oxygen atoms in total. The van der Waals surface area contributed by atoms with E-state index < -0.39 is 48.1 Å². The van der Waals surface area contributed by atoms with Crippen molar-refractivity contribution in [2.75, 3.05) is 18.1 Å². The zero-order valence-electron chi connectivity index (χ0n) is 20.3. The van der Waals surface area contributed by atoms with Crippen LogP contribution >= 0.6 is 11.8 Å². The Morgan fingerprint density at radius 2 is 1.48 bits per heavy atom. The highest BCUT2D eigenvalue weighted by Gasteiger charge is 2.31. The molecule has 0 aliphatic heterocycles. The van der Waals surface area contributed by atoms with Crippen LogP contribution in [0.15, 0.2) is 0 Å². The minimum absolute atomic E-state index is 0.113. The van der Waals surface area contributed by atoms with E-state index in [2.05, 4.69) is 10.6 Å². The minimum Gasteiger partial charge on any atom is -0.462 e. The molecule has 0 saturated carbocycles. The Hall–Kier alpha value is -2.14. The van der Waals surface area contributed by atoms with E-state index in [1.807, 2.05) is 0 Å². The summed E-state index contributed by atoms with van der Waals surface area (Å²) in [5.74, 6) is -2.23. The van der Waals surface area contributed by atoms with Crippen LogP contribution in [0.5, 0.6) is 0 Å². The fraction of sp³-hybridized carbons (Fsp3) is 0.773. The minimum atomic E-state index is -1.11. The quantitative estimate of drug-likeness (QED) is 0.269. The molecular weight excluding hydrogens is 452 g/mol. The van der Waals surface area contributed by atoms with Gasteiger partial charge in [0.15, 0.2) is 5.78 Å². The fourth-order valence-corrected chi connectivity index (χ4v) is 3.55. The standard InChI is InChI=1S/C22H38N2O8S/c1-7-17(26)23-16(22(30)24-20(14(6)25)21(29)13(4)5)12-33-11-15(32-19(28)9-3)10-31-18(27)8-2/h13-16,20,25H,7-12H2,1-6H3,(H,23,26)(H,24,30). The van der Waals surface area contributed by atoms with Gasteiger partial charge in [0.25, 0.3) is 0 Å². The molecule has 0 spiro atoms. The number of carbonyl (C=O) groups is 5. The van der Waals surface area contributed by atoms with E-state index >= 15 is 0 Å². The second-order valence-corrected chi connectivity index (χ2v) is 8.87. The number of hydrogen-bond acceptors (Lipinski definition) is 9. The molecule has 0 bridgehead atoms. The topological polar surface area (TPSA) is 148 Å². The van der Waals surface area contributed by atoms with Crippen LogP contribution in [0.1, 0.15) is 60.8 Å². The zero-order chi connectivity index (χ0) is 25.6. The molecular formula is C22H38N2O8S. The SMILES string of the molecule is CCC(=O)NC(CSCC(COC(=O)CC)OC(=O)CC)C(=O)NC(C(=O)C(C)C)C(C)O. The molecule has 0 radical (unpaired) electrons. The number of ether oxygens (including phenoxy) is 2. The molecule has 4 unspecified atom stereocenters. The zero-order valence-corrected chi connectivity index (χ0v) is 21.2. The number of rotatable bonds is 16. The normalized spacial score (nSPS) is 14.5. The summed E-state index contributed by atoms with van der Waals surface area (Å²) in [5, 5.41) is 15.1. The van der Waals surface area contributed by atoms with Crippen LogP contribution < -0.4 is 10.6 Å². The van der Waals surface area contributed by atoms with E-state index in [-0.39, 0.29) is 49.1 Å². The lowest BCUT2D eigenvalue weighted by molar-refractivity contribution is -0.157. The van der Waals surface area contributed by atoms with Crippen molar-refractivity contribution in [2.24, 2.45) is 5.92 Å². The van der Waals surface area contributed by atoms with Gasteiger partial charge in [0.2, 0.25) is 11.8 Å². The highest BCUT2D eigenvalue weighted by atomic mass is 32.2. The first-order valence-electron chi connectivity index (χ1n) is 11.2. The molecule has 0 saturated heterocycles. The molecule has 0 aromatic carbocycles. The monoisotopic (exact) mass is 490 g/mol. The van der Waals surface area contributed by atoms with Crippen LogP contribution in [0.25, 0.3) is 0 Å². The van der Waals surface area contributed by atoms with E-state index in [1.54, 1.807) is 34.6 Å². The summed E-state index contributed by atoms with van der Waals surface area (Å²) in [7, 11) is 0. The Kier molecular flexibility index (Phi) is 15.4. The number of esters is 2. The highest BCUT2D eigenvalue weighted by molar-refractivity contribution is 7.99. The number of Topliss-reactive ketones (excluding diaryl/α,β-unsaturated/α-hetero) is 1. The fourth-order valence-electron chi connectivity index (χ4n) is 2.51. The maximum absolute atomic E-state index is 12.8. The van der Waals surface area contributed by atoms with E-state index in [4.69, 9.17) is 9.47 Å². The molecule has 0 heterocycles. The van der Waals surface area contributed by atoms with Gasteiger partial charge in [0.05, 0.1) is 6.10 Å². The summed E-state index contributed by atoms with van der Waals surface area (Å²) >= 11 is 1.22. The van der Waals surface area contributed by atoms with Gasteiger partial charge < -0.3 is 25.2 Å². The second-order valence-electron chi connectivity index (χ2n) is 7.80. The predicted molar refractivity (Wildman–Crippen MR) is 124 cm³/mol. The van der Waals surface area contributed by atoms with Gasteiger partial charge >= 0.3 is 11.9 Å². The number of aliphatic hydroxyl groups is 1. The van der Waals surface area contributed by atoms with Crippen molar-refractivity contribution in [3.63, 3.8) is 0 Å². The van der Waals surface area contributed by atoms with Crippen molar-refractivity contribution in [3.8, 4) is 0 Å². The smallest absolute Gasteiger partial charge is 0.305 e. The Balaban J connectivity index is 5.23. The number of aliphatic hydroxyl groups excluding tert-OH is 1. The average Bonchev–Trinajstić information content (AvgIpc) is 2.78. The van der Waals surface area contributed by atoms with Crippen LogP contribution in [0.4, 0.5) is 0 Å². The first kappa shape index (κ1) is 30.9. The summed E-state index contributed by atoms with van der Waals surface area (Å²) in [4.78, 5) is 60.2. The molecule has 0 aromatic heterocycles. The van der Waals surface area contributed by atoms with Crippen LogP contribution in [0.3, 0.4) is 0 Å². The number of carbonyl (C=O) groups excluding carboxylic acids is 5. The lowest BCUT2D eigenvalue weighted by Crippen LogP contribution is -2.56. The summed E-state index contributed by atoms with van der Waals surface area (Å²) in [6.07, 6.45) is -1.32. The Labute approximate surface area is 199 Å². The van der Waals surface area contributed by atoms with Gasteiger partial charge in [-0.25, -0.2) is 0 Å². The van der Waals surface area contributed by atoms with Crippen molar-refractivity contribution in [1.82, 2.24) is 10.6 Å². The molecule has 0 aliphatic rings. The maximum atomic E-state index is 12.8. The number of thioether (sulfide) groups is 1. The predicted octanol–water partition coefficient (Wildman–Crippen LogP) is 0.980. The lowest BCUT2D eigenvalue weighted by Gasteiger charge is -2.26. The number of nitrogens with one attached hydrogen (secondary N) is 2. The first-order valence-corrected chi connectivity index (χ1v) is 12.4. The largest absolute Gasteiger partial charge is 0.462 e. The van der Waals surface area contributed by atoms with Crippen LogP contribution in [0, 0.1) is 5.92 Å². The summed E-state index contributed by atoms with van der Waals surface area (Å²) in [5.41, 5.74) is 0. The van der Waals surface area contributed by atoms with Gasteiger partial charge in [0, 0.05) is 36.7 Å². The van der Waals surface area contributed by atoms with E-state index in [0.29, 0.717) is 0 Å². The number of hydrogen-bond donors (Lipinski definition) is 3. The van der Waals surface area contributed by atoms with Crippen molar-refractivity contribution in [1.29, 1.82) is 0 Å². The second kappa shape index (κ2) is 16.5. The van der Waals surface area contributed by atoms with Crippen LogP contribution in [-0.2, 0) is 33.4 Å². The third-order valence-corrected chi connectivity index (χ3v) is 5.70. The molecule has 0 aliphatic carbocycles. The lowest BCUT2D eigenvalue weighted by atomic mass is 9.98. The Bertz CT molecular complexity index is 669. The summed E-state index contributed by atoms with van der Waals surface area (Å²) in [6, 6.07) is -2.08. The highest BCUT2D eigenvalue weighted by Crippen LogP contribution is 2.12. The number of amides is 2. The molecule has 4 atom stereocenters. The van der Waals surface area contributed by atoms with Crippen LogP contribution in [0.2, 0.25) is 0 Å². The molecule has 0 fully saturated rings. The number of ketones is 1. The van der Waals surface area contributed by atoms with Gasteiger partial charge in [0.1, 0.15) is 24.8 Å². The van der Waals surface area contributed by atoms with Gasteiger partial charge in [-0.05, 0) is 6.92 Å². The van der Waals surface area contributed by atoms with Crippen LogP contribution in [-0.4, -0.2) is 77.0 Å². The molecule has 0 rings (SSSR count). The third-order valence-electron chi connectivity index (χ3n) is 4.52. The molecule has 33 heavy (non-hydrogen) atoms. The maximum Gasteiger partial charge on any atom is 0.305 e. The van der Waals surface area contributed by atoms with Gasteiger partial charge in [-0.15, -0.1) is 0 Å². The summed E-state index contributed by atoms with van der Waals surface area (Å²) in [6.45, 7) is 9.55. The molecule has 190 valence electrons. The van der Waals surface area contributed by atoms with E-state index in [1.165, 1.54) is 18.7 Å². The van der Waals surface area contributed by atoms with Gasteiger partial charge in [-0.3, -0.25) is 24.0 Å².